The molecule has 7 amide bonds. The first-order chi connectivity index (χ1) is 36.1. The van der Waals surface area contributed by atoms with Crippen molar-refractivity contribution in [2.45, 2.75) is 81.2 Å². The highest BCUT2D eigenvalue weighted by molar-refractivity contribution is 7.99. The Bertz CT molecular complexity index is 2440. The zero-order valence-corrected chi connectivity index (χ0v) is 43.0. The topological polar surface area (TPSA) is 213 Å². The molecule has 0 aliphatic carbocycles. The first kappa shape index (κ1) is 54.2. The zero-order chi connectivity index (χ0) is 51.7. The van der Waals surface area contributed by atoms with Gasteiger partial charge in [0.2, 0.25) is 23.6 Å². The van der Waals surface area contributed by atoms with E-state index >= 15 is 0 Å². The van der Waals surface area contributed by atoms with Crippen molar-refractivity contribution in [3.8, 4) is 0 Å². The average Bonchev–Trinajstić information content (AvgIpc) is 3.69. The summed E-state index contributed by atoms with van der Waals surface area (Å²) < 4.78 is 17.0. The second-order valence-electron chi connectivity index (χ2n) is 19.2. The molecule has 20 heteroatoms. The first-order valence-electron chi connectivity index (χ1n) is 26.2. The molecule has 74 heavy (non-hydrogen) atoms. The SMILES string of the molecule is O=C(/C=C/c1cccnc1)NCCCCC1CCN(C(=O)c2ccc(N3CCC(N4CCN(C(=O)CCOCCOCCOCCSc5cccc6c5C(=O)N(C5CCC(=O)NC5=O)C6=O)CC4)CC3)nc2)CC1. The van der Waals surface area contributed by atoms with E-state index in [9.17, 15) is 33.6 Å². The van der Waals surface area contributed by atoms with Gasteiger partial charge < -0.3 is 34.2 Å². The fraction of sp³-hybridized carbons (Fsp3) is 0.537. The molecule has 0 saturated carbocycles. The van der Waals surface area contributed by atoms with Crippen LogP contribution in [0.25, 0.3) is 6.08 Å². The number of nitrogens with one attached hydrogen (secondary N) is 2. The zero-order valence-electron chi connectivity index (χ0n) is 42.2. The van der Waals surface area contributed by atoms with Gasteiger partial charge in [-0.25, -0.2) is 4.98 Å². The molecule has 396 valence electrons. The number of ether oxygens (including phenoxy) is 3. The van der Waals surface area contributed by atoms with Crippen molar-refractivity contribution in [1.82, 2.24) is 40.2 Å². The number of carbonyl (C=O) groups is 7. The Hall–Kier alpha value is -6.06. The van der Waals surface area contributed by atoms with Gasteiger partial charge in [-0.1, -0.05) is 25.0 Å². The number of benzene rings is 1. The lowest BCUT2D eigenvalue weighted by atomic mass is 9.91. The molecule has 1 unspecified atom stereocenters. The molecule has 5 aliphatic rings. The Kier molecular flexibility index (Phi) is 20.1. The fourth-order valence-corrected chi connectivity index (χ4v) is 11.2. The molecule has 0 spiro atoms. The highest BCUT2D eigenvalue weighted by Crippen LogP contribution is 2.34. The number of carbonyl (C=O) groups excluding carboxylic acids is 7. The van der Waals surface area contributed by atoms with Gasteiger partial charge in [-0.15, -0.1) is 11.8 Å². The number of nitrogens with zero attached hydrogens (tertiary/aromatic N) is 7. The lowest BCUT2D eigenvalue weighted by Gasteiger charge is -2.43. The second-order valence-corrected chi connectivity index (χ2v) is 20.4. The molecule has 4 saturated heterocycles. The van der Waals surface area contributed by atoms with E-state index in [-0.39, 0.29) is 41.7 Å². The van der Waals surface area contributed by atoms with Gasteiger partial charge in [0.05, 0.1) is 62.8 Å². The highest BCUT2D eigenvalue weighted by Gasteiger charge is 2.45. The van der Waals surface area contributed by atoms with Crippen LogP contribution in [0.4, 0.5) is 5.82 Å². The van der Waals surface area contributed by atoms with Gasteiger partial charge in [-0.2, -0.15) is 0 Å². The van der Waals surface area contributed by atoms with Gasteiger partial charge in [0.15, 0.2) is 0 Å². The molecule has 4 fully saturated rings. The van der Waals surface area contributed by atoms with E-state index in [4.69, 9.17) is 19.2 Å². The van der Waals surface area contributed by atoms with E-state index in [0.717, 1.165) is 100 Å². The minimum Gasteiger partial charge on any atom is -0.379 e. The molecule has 2 N–H and O–H groups in total. The summed E-state index contributed by atoms with van der Waals surface area (Å²) in [4.78, 5) is 108. The minimum atomic E-state index is -1.01. The number of piperidine rings is 3. The van der Waals surface area contributed by atoms with Gasteiger partial charge in [0, 0.05) is 107 Å². The number of aromatic nitrogens is 2. The monoisotopic (exact) mass is 1040 g/mol. The number of hydrogen-bond donors (Lipinski definition) is 2. The van der Waals surface area contributed by atoms with E-state index in [1.165, 1.54) is 11.8 Å². The Morgan fingerprint density at radius 2 is 1.51 bits per heavy atom. The van der Waals surface area contributed by atoms with Gasteiger partial charge in [-0.05, 0) is 86.4 Å². The molecule has 1 aromatic carbocycles. The van der Waals surface area contributed by atoms with E-state index < -0.39 is 29.7 Å². The third-order valence-corrected chi connectivity index (χ3v) is 15.5. The number of rotatable bonds is 24. The number of fused-ring (bicyclic) bond motifs is 1. The molecule has 2 aromatic heterocycles. The van der Waals surface area contributed by atoms with Crippen molar-refractivity contribution >= 4 is 65.0 Å². The molecule has 1 atom stereocenters. The summed E-state index contributed by atoms with van der Waals surface area (Å²) in [5, 5.41) is 5.17. The number of unbranched alkanes of at least 4 members (excludes halogenated alkanes) is 1. The normalized spacial score (nSPS) is 19.1. The summed E-state index contributed by atoms with van der Waals surface area (Å²) in [6, 6.07) is 12.2. The van der Waals surface area contributed by atoms with Crippen LogP contribution in [0.15, 0.2) is 72.0 Å². The molecule has 0 radical (unpaired) electrons. The molecular formula is C54H69N9O10S. The minimum absolute atomic E-state index is 0.0449. The van der Waals surface area contributed by atoms with Crippen LogP contribution in [0, 0.1) is 5.92 Å². The number of hydrogen-bond acceptors (Lipinski definition) is 15. The van der Waals surface area contributed by atoms with E-state index in [1.54, 1.807) is 48.9 Å². The third-order valence-electron chi connectivity index (χ3n) is 14.4. The standard InChI is InChI=1S/C54H69N9O10S/c64-47(13-9-40-6-4-20-55-37-40)56-21-2-1-5-39-15-22-62(23-16-39)52(68)41-10-12-46(57-38-41)60-24-17-42(18-25-60)59-26-28-61(29-27-59)49(66)19-30-71-31-32-72-33-34-73-35-36-74-45-8-3-7-43-50(45)54(70)63(53(43)69)44-11-14-48(65)58-51(44)67/h3-4,6-10,12-13,20,37-39,42,44H,1-2,5,11,14-19,21-36H2,(H,56,64)(H,58,65,67)/b13-9+. The summed E-state index contributed by atoms with van der Waals surface area (Å²) in [7, 11) is 0. The lowest BCUT2D eigenvalue weighted by Crippen LogP contribution is -2.54. The third kappa shape index (κ3) is 14.8. The Morgan fingerprint density at radius 3 is 2.23 bits per heavy atom. The number of likely N-dealkylation sites (tertiary alicyclic amines) is 1. The summed E-state index contributed by atoms with van der Waals surface area (Å²) in [5.74, 6) is -0.0304. The molecule has 19 nitrogen and oxygen atoms in total. The smallest absolute Gasteiger partial charge is 0.263 e. The van der Waals surface area contributed by atoms with Crippen molar-refractivity contribution in [2.24, 2.45) is 5.92 Å². The number of anilines is 1. The van der Waals surface area contributed by atoms with Crippen molar-refractivity contribution < 1.29 is 47.8 Å². The van der Waals surface area contributed by atoms with Crippen LogP contribution in [-0.2, 0) is 33.4 Å². The molecule has 3 aromatic rings. The summed E-state index contributed by atoms with van der Waals surface area (Å²) in [6.45, 7) is 9.27. The number of amides is 7. The Labute approximate surface area is 437 Å². The van der Waals surface area contributed by atoms with Gasteiger partial charge in [0.25, 0.3) is 17.7 Å². The largest absolute Gasteiger partial charge is 0.379 e. The van der Waals surface area contributed by atoms with Crippen molar-refractivity contribution in [1.29, 1.82) is 0 Å². The maximum absolute atomic E-state index is 13.4. The van der Waals surface area contributed by atoms with Crippen LogP contribution in [0.1, 0.15) is 101 Å². The number of thioether (sulfide) groups is 1. The molecule has 0 bridgehead atoms. The van der Waals surface area contributed by atoms with Crippen LogP contribution in [0.5, 0.6) is 0 Å². The lowest BCUT2D eigenvalue weighted by molar-refractivity contribution is -0.136. The molecule has 7 heterocycles. The fourth-order valence-electron chi connectivity index (χ4n) is 10.3. The van der Waals surface area contributed by atoms with E-state index in [2.05, 4.69) is 25.4 Å². The summed E-state index contributed by atoms with van der Waals surface area (Å²) in [5.41, 5.74) is 2.05. The van der Waals surface area contributed by atoms with Crippen LogP contribution in [0.2, 0.25) is 0 Å². The Balaban J connectivity index is 0.615. The van der Waals surface area contributed by atoms with E-state index in [0.29, 0.717) is 93.9 Å². The molecule has 8 rings (SSSR count). The van der Waals surface area contributed by atoms with Gasteiger partial charge in [0.1, 0.15) is 11.9 Å². The maximum atomic E-state index is 13.4. The second kappa shape index (κ2) is 27.5. The van der Waals surface area contributed by atoms with Crippen LogP contribution >= 0.6 is 11.8 Å². The number of piperazine rings is 1. The van der Waals surface area contributed by atoms with E-state index in [1.807, 2.05) is 34.1 Å². The summed E-state index contributed by atoms with van der Waals surface area (Å²) >= 11 is 1.39. The predicted octanol–water partition coefficient (Wildman–Crippen LogP) is 4.08. The quantitative estimate of drug-likeness (QED) is 0.0560. The highest BCUT2D eigenvalue weighted by atomic mass is 32.2. The predicted molar refractivity (Wildman–Crippen MR) is 277 cm³/mol. The van der Waals surface area contributed by atoms with Crippen molar-refractivity contribution in [3.05, 3.63) is 89.4 Å². The maximum Gasteiger partial charge on any atom is 0.263 e. The van der Waals surface area contributed by atoms with Crippen LogP contribution in [-0.4, -0.2) is 187 Å². The first-order valence-corrected chi connectivity index (χ1v) is 27.2. The number of imide groups is 2. The summed E-state index contributed by atoms with van der Waals surface area (Å²) in [6.07, 6.45) is 16.1. The molecular weight excluding hydrogens is 967 g/mol. The van der Waals surface area contributed by atoms with Crippen molar-refractivity contribution in [2.75, 3.05) is 109 Å². The van der Waals surface area contributed by atoms with Gasteiger partial charge >= 0.3 is 0 Å². The average molecular weight is 1040 g/mol. The van der Waals surface area contributed by atoms with Crippen LogP contribution < -0.4 is 15.5 Å². The van der Waals surface area contributed by atoms with Gasteiger partial charge in [-0.3, -0.25) is 53.7 Å². The van der Waals surface area contributed by atoms with Crippen molar-refractivity contribution in [3.63, 3.8) is 0 Å². The molecule has 5 aliphatic heterocycles. The number of pyridine rings is 2. The Morgan fingerprint density at radius 1 is 0.757 bits per heavy atom. The van der Waals surface area contributed by atoms with Crippen LogP contribution in [0.3, 0.4) is 0 Å².